The number of aromatic amines is 1. The first-order chi connectivity index (χ1) is 60.2. The zero-order valence-corrected chi connectivity index (χ0v) is 71.9. The fourth-order valence-electron chi connectivity index (χ4n) is 11.0. The predicted molar refractivity (Wildman–Crippen MR) is 482 cm³/mol. The molecule has 9 aromatic carbocycles. The lowest BCUT2D eigenvalue weighted by Gasteiger charge is -2.15. The summed E-state index contributed by atoms with van der Waals surface area (Å²) in [5.74, 6) is -0.972. The van der Waals surface area contributed by atoms with Gasteiger partial charge >= 0.3 is 30.9 Å². The second-order valence-electron chi connectivity index (χ2n) is 26.2. The van der Waals surface area contributed by atoms with Crippen LogP contribution in [-0.2, 0) is 37.5 Å². The Morgan fingerprint density at radius 1 is 0.402 bits per heavy atom. The smallest absolute Gasteiger partial charge is 0.399 e. The Kier molecular flexibility index (Phi) is 33.2. The van der Waals surface area contributed by atoms with Crippen LogP contribution in [0.3, 0.4) is 0 Å². The van der Waals surface area contributed by atoms with Crippen LogP contribution >= 0.6 is 82.6 Å². The summed E-state index contributed by atoms with van der Waals surface area (Å²) < 4.78 is 197. The number of nitrogens with zero attached hydrogens (tertiary/aromatic N) is 10. The van der Waals surface area contributed by atoms with Crippen molar-refractivity contribution in [2.45, 2.75) is 43.7 Å². The molecule has 19 nitrogen and oxygen atoms in total. The lowest BCUT2D eigenvalue weighted by molar-refractivity contribution is -0.138. The van der Waals surface area contributed by atoms with Gasteiger partial charge in [0.1, 0.15) is 56.3 Å². The van der Waals surface area contributed by atoms with Gasteiger partial charge in [-0.1, -0.05) is 188 Å². The van der Waals surface area contributed by atoms with E-state index in [0.717, 1.165) is 94.9 Å². The van der Waals surface area contributed by atoms with E-state index in [1.54, 1.807) is 109 Å². The maximum Gasteiger partial charge on any atom is 0.421 e. The van der Waals surface area contributed by atoms with Gasteiger partial charge < -0.3 is 48.4 Å². The molecule has 0 fully saturated rings. The molecule has 127 heavy (non-hydrogen) atoms. The van der Waals surface area contributed by atoms with E-state index in [-0.39, 0.29) is 53.1 Å². The minimum absolute atomic E-state index is 0. The van der Waals surface area contributed by atoms with Gasteiger partial charge in [-0.3, -0.25) is 0 Å². The average molecular weight is 2010 g/mol. The number of anilines is 13. The molecular formula is C87H66Br3Cl3F15N19. The van der Waals surface area contributed by atoms with Crippen LogP contribution in [0.15, 0.2) is 288 Å². The number of aryl methyl sites for hydroxylation is 2. The fraction of sp³-hybridized carbons (Fsp3) is 0.0805. The molecule has 0 spiro atoms. The Balaban J connectivity index is 0.000000175. The highest BCUT2D eigenvalue weighted by molar-refractivity contribution is 9.11. The molecule has 0 atom stereocenters. The number of allylic oxidation sites excluding steroid dienone is 1. The van der Waals surface area contributed by atoms with E-state index in [4.69, 9.17) is 46.3 Å². The monoisotopic (exact) mass is 2000 g/mol. The fourth-order valence-corrected chi connectivity index (χ4v) is 12.7. The van der Waals surface area contributed by atoms with Gasteiger partial charge in [-0.2, -0.15) is 80.8 Å². The first kappa shape index (κ1) is 96.3. The topological polar surface area (TPSA) is 269 Å². The summed E-state index contributed by atoms with van der Waals surface area (Å²) in [7, 11) is 0. The molecule has 16 rings (SSSR count). The van der Waals surface area contributed by atoms with Crippen molar-refractivity contribution in [2.24, 2.45) is 0 Å². The number of halogens is 21. The quantitative estimate of drug-likeness (QED) is 0.0296. The summed E-state index contributed by atoms with van der Waals surface area (Å²) in [5, 5.41) is 17.0. The number of fused-ring (bicyclic) bond motifs is 12. The van der Waals surface area contributed by atoms with Crippen LogP contribution in [-0.4, -0.2) is 61.0 Å². The molecular weight excluding hydrogens is 1940 g/mol. The maximum atomic E-state index is 13.3. The molecule has 5 aromatic heterocycles. The van der Waals surface area contributed by atoms with Crippen LogP contribution in [0.1, 0.15) is 51.8 Å². The van der Waals surface area contributed by atoms with Gasteiger partial charge in [-0.15, -0.1) is 0 Å². The third kappa shape index (κ3) is 30.4. The van der Waals surface area contributed by atoms with Gasteiger partial charge in [0.25, 0.3) is 0 Å². The normalized spacial score (nSPS) is 11.8. The second kappa shape index (κ2) is 43.8. The molecule has 0 radical (unpaired) electrons. The predicted octanol–water partition coefficient (Wildman–Crippen LogP) is 28.2. The lowest BCUT2D eigenvalue weighted by Crippen LogP contribution is -2.17. The largest absolute Gasteiger partial charge is 0.421 e. The Labute approximate surface area is 755 Å². The van der Waals surface area contributed by atoms with E-state index in [1.165, 1.54) is 0 Å². The first-order valence-electron chi connectivity index (χ1n) is 36.5. The number of benzene rings is 9. The molecule has 656 valence electrons. The third-order valence-corrected chi connectivity index (χ3v) is 18.9. The highest BCUT2D eigenvalue weighted by atomic mass is 79.9. The number of alkyl halides is 15. The first-order valence-corrected chi connectivity index (χ1v) is 40.1. The van der Waals surface area contributed by atoms with Gasteiger partial charge in [-0.05, 0) is 196 Å². The van der Waals surface area contributed by atoms with Crippen LogP contribution in [0.2, 0.25) is 15.7 Å². The second-order valence-corrected chi connectivity index (χ2v) is 30.0. The van der Waals surface area contributed by atoms with Crippen molar-refractivity contribution in [3.8, 4) is 0 Å². The highest BCUT2D eigenvalue weighted by Gasteiger charge is 2.40. The number of nitrogen functional groups attached to an aromatic ring is 2. The van der Waals surface area contributed by atoms with Crippen molar-refractivity contribution < 1.29 is 67.3 Å². The highest BCUT2D eigenvalue weighted by Crippen LogP contribution is 2.41. The summed E-state index contributed by atoms with van der Waals surface area (Å²) in [5.41, 5.74) is 15.6. The average Bonchev–Trinajstić information content (AvgIpc) is 0.991. The SMILES string of the molecule is C=Cc1cccc(N)c1.C=Cc1cccc(Nc2ncc(C(F)(F)F)c(Nc3cccc(Br)c3)n2)c1.FC(F)(F)C1=CNc2nc3cccc(ccc4cccc(c4)nc1[nH]2)c3.FC(F)(F)c1cnc(Cl)nc1Cl.FC(F)(F)c1cnc(Cl)nc1Nc1cccc(Br)c1.FC(F)(F)c1cnc2nc1Nc1cccc(c1)CCc1cccc(c1)N2.Nc1cccc(Br)c1.[HH]. The number of nitrogens with one attached hydrogen (secondary N) is 7. The molecule has 0 saturated carbocycles. The van der Waals surface area contributed by atoms with Gasteiger partial charge in [0.15, 0.2) is 0 Å². The summed E-state index contributed by atoms with van der Waals surface area (Å²) in [4.78, 5) is 40.1. The number of rotatable bonds is 8. The number of nitrogens with two attached hydrogens (primary N) is 2. The van der Waals surface area contributed by atoms with E-state index >= 15 is 0 Å². The molecule has 14 aromatic rings. The van der Waals surface area contributed by atoms with E-state index in [0.29, 0.717) is 46.2 Å². The van der Waals surface area contributed by atoms with Crippen molar-refractivity contribution >= 4 is 197 Å². The van der Waals surface area contributed by atoms with Gasteiger partial charge in [-0.25, -0.2) is 34.9 Å². The molecule has 12 bridgehead atoms. The van der Waals surface area contributed by atoms with E-state index in [2.05, 4.69) is 148 Å². The summed E-state index contributed by atoms with van der Waals surface area (Å²) in [6.45, 7) is 7.30. The van der Waals surface area contributed by atoms with Crippen molar-refractivity contribution in [3.63, 3.8) is 0 Å². The Hall–Kier alpha value is -12.9. The number of aromatic nitrogens is 11. The van der Waals surface area contributed by atoms with Crippen LogP contribution < -0.4 is 43.4 Å². The minimum atomic E-state index is -4.59. The van der Waals surface area contributed by atoms with Gasteiger partial charge in [0.05, 0.1) is 11.0 Å². The van der Waals surface area contributed by atoms with Crippen molar-refractivity contribution in [3.05, 3.63) is 354 Å². The van der Waals surface area contributed by atoms with E-state index in [1.807, 2.05) is 133 Å². The number of hydrogen-bond donors (Lipinski definition) is 9. The molecule has 11 N–H and O–H groups in total. The summed E-state index contributed by atoms with van der Waals surface area (Å²) in [6.07, 6.45) is -14.1. The molecule has 0 unspecified atom stereocenters. The van der Waals surface area contributed by atoms with Crippen molar-refractivity contribution in [2.75, 3.05) is 43.4 Å². The molecule has 2 aliphatic rings. The van der Waals surface area contributed by atoms with Gasteiger partial charge in [0, 0.05) is 85.6 Å². The van der Waals surface area contributed by atoms with Crippen LogP contribution in [0, 0.1) is 0 Å². The maximum absolute atomic E-state index is 13.3. The Morgan fingerprint density at radius 3 is 1.35 bits per heavy atom. The Bertz CT molecular complexity index is 6330. The zero-order chi connectivity index (χ0) is 91.8. The Morgan fingerprint density at radius 2 is 0.850 bits per heavy atom. The van der Waals surface area contributed by atoms with Gasteiger partial charge in [0.2, 0.25) is 28.4 Å². The molecule has 0 aliphatic carbocycles. The van der Waals surface area contributed by atoms with Crippen molar-refractivity contribution in [1.29, 1.82) is 0 Å². The van der Waals surface area contributed by atoms with Crippen LogP contribution in [0.4, 0.5) is 141 Å². The van der Waals surface area contributed by atoms with E-state index in [9.17, 15) is 65.9 Å². The molecule has 0 amide bonds. The minimum Gasteiger partial charge on any atom is -0.399 e. The zero-order valence-electron chi connectivity index (χ0n) is 64.9. The molecule has 7 heterocycles. The molecule has 0 saturated heterocycles. The standard InChI is InChI=1S/C19H14BrF3N4.C19H15F3N4.C19H13F3N4.C11H6BrClF3N3.C8H9N.C6H6BrN.C5HCl2F3N2.H2/c1-2-12-5-3-7-14(9-12)26-18-24-11-16(19(21,22)23)17(27-18)25-15-8-4-6-13(20)10-15;2*20-19(21,22)16-11-23-18-25-15-6-2-4-13(10-15)8-7-12-3-1-5-14(9-12)24-17(16)26-18;12-6-2-1-3-7(4-6)18-9-8(11(14,15)16)5-17-10(13)19-9;1-2-7-4-3-5-8(9)6-7;7-5-2-1-3-6(8)4-5;6-3-2(5(8,9)10)1-11-4(7)12-3;/h2-11H,1H2,(H2,24,25,26,27);1-6,9-11H,7-8H2,(H2,23,24,25,26);1-11H,(H2,23,24,25,26);1-5H,(H,17,18,19);2-6H,1,9H2;1-4H,8H2;1H;1H. The number of hydrogen-bond acceptors (Lipinski definition) is 18. The molecule has 40 heteroatoms. The third-order valence-electron chi connectivity index (χ3n) is 16.7. The lowest BCUT2D eigenvalue weighted by atomic mass is 10.0. The van der Waals surface area contributed by atoms with E-state index < -0.39 is 63.9 Å². The van der Waals surface area contributed by atoms with Crippen LogP contribution in [0.25, 0.3) is 39.5 Å². The summed E-state index contributed by atoms with van der Waals surface area (Å²) in [6, 6.07) is 69.0. The molecule has 2 aliphatic heterocycles. The van der Waals surface area contributed by atoms with Crippen LogP contribution in [0.5, 0.6) is 0 Å². The summed E-state index contributed by atoms with van der Waals surface area (Å²) >= 11 is 25.7. The number of H-pyrrole nitrogens is 1. The van der Waals surface area contributed by atoms with Crippen molar-refractivity contribution in [1.82, 2.24) is 54.8 Å².